The Bertz CT molecular complexity index is 592. The molecule has 0 heterocycles. The maximum absolute atomic E-state index is 10.5. The van der Waals surface area contributed by atoms with Gasteiger partial charge in [-0.15, -0.1) is 0 Å². The molecule has 0 saturated heterocycles. The van der Waals surface area contributed by atoms with Crippen LogP contribution in [0.5, 0.6) is 11.5 Å². The molecule has 0 aliphatic heterocycles. The minimum absolute atomic E-state index is 0.0663. The Labute approximate surface area is 139 Å². The second kappa shape index (κ2) is 7.22. The molecule has 0 saturated carbocycles. The molecule has 1 aromatic carbocycles. The number of hydrogen-bond acceptors (Lipinski definition) is 3. The summed E-state index contributed by atoms with van der Waals surface area (Å²) in [6.45, 7) is 10.2. The van der Waals surface area contributed by atoms with Gasteiger partial charge in [0.05, 0.1) is 6.10 Å². The lowest BCUT2D eigenvalue weighted by Gasteiger charge is -2.35. The molecular formula is C20H28O3. The van der Waals surface area contributed by atoms with Crippen LogP contribution in [-0.2, 0) is 11.2 Å². The van der Waals surface area contributed by atoms with E-state index in [2.05, 4.69) is 19.6 Å². The van der Waals surface area contributed by atoms with Gasteiger partial charge in [0.15, 0.2) is 0 Å². The summed E-state index contributed by atoms with van der Waals surface area (Å²) < 4.78 is 5.55. The SMILES string of the molecule is C=C(C)C1CC(OC)C(C)=CC1c1c(O)cc(CCC)cc1O. The average molecular weight is 316 g/mol. The highest BCUT2D eigenvalue weighted by atomic mass is 16.5. The van der Waals surface area contributed by atoms with Crippen molar-refractivity contribution in [3.8, 4) is 11.5 Å². The molecule has 0 spiro atoms. The fourth-order valence-electron chi connectivity index (χ4n) is 3.60. The van der Waals surface area contributed by atoms with Crippen LogP contribution < -0.4 is 0 Å². The van der Waals surface area contributed by atoms with Gasteiger partial charge in [-0.3, -0.25) is 0 Å². The maximum atomic E-state index is 10.5. The first-order chi connectivity index (χ1) is 10.9. The van der Waals surface area contributed by atoms with Gasteiger partial charge in [0.2, 0.25) is 0 Å². The lowest BCUT2D eigenvalue weighted by molar-refractivity contribution is 0.103. The Morgan fingerprint density at radius 1 is 1.30 bits per heavy atom. The van der Waals surface area contributed by atoms with Crippen molar-refractivity contribution in [3.05, 3.63) is 47.1 Å². The van der Waals surface area contributed by atoms with Crippen molar-refractivity contribution >= 4 is 0 Å². The number of ether oxygens (including phenoxy) is 1. The van der Waals surface area contributed by atoms with E-state index >= 15 is 0 Å². The fraction of sp³-hybridized carbons (Fsp3) is 0.500. The normalized spacial score (nSPS) is 24.3. The number of rotatable bonds is 5. The second-order valence-corrected chi connectivity index (χ2v) is 6.65. The predicted octanol–water partition coefficient (Wildman–Crippen LogP) is 4.69. The van der Waals surface area contributed by atoms with Crippen LogP contribution in [0.3, 0.4) is 0 Å². The van der Waals surface area contributed by atoms with E-state index in [1.807, 2.05) is 13.8 Å². The summed E-state index contributed by atoms with van der Waals surface area (Å²) in [6, 6.07) is 3.55. The molecule has 1 aliphatic carbocycles. The molecule has 1 aromatic rings. The topological polar surface area (TPSA) is 49.7 Å². The Kier molecular flexibility index (Phi) is 5.53. The van der Waals surface area contributed by atoms with Crippen LogP contribution >= 0.6 is 0 Å². The molecule has 3 atom stereocenters. The lowest BCUT2D eigenvalue weighted by atomic mass is 9.72. The number of benzene rings is 1. The number of methoxy groups -OCH3 is 1. The van der Waals surface area contributed by atoms with Crippen LogP contribution in [0.4, 0.5) is 0 Å². The zero-order valence-corrected chi connectivity index (χ0v) is 14.6. The van der Waals surface area contributed by atoms with Crippen molar-refractivity contribution in [1.29, 1.82) is 0 Å². The summed E-state index contributed by atoms with van der Waals surface area (Å²) in [5, 5.41) is 21.0. The minimum atomic E-state index is -0.0745. The van der Waals surface area contributed by atoms with Crippen LogP contribution in [-0.4, -0.2) is 23.4 Å². The standard InChI is InChI=1S/C20H28O3/c1-6-7-14-9-17(21)20(18(22)10-14)16-8-13(4)19(23-5)11-15(16)12(2)3/h8-10,15-16,19,21-22H,2,6-7,11H2,1,3-5H3. The number of allylic oxidation sites excluding steroid dienone is 2. The Morgan fingerprint density at radius 2 is 1.91 bits per heavy atom. The van der Waals surface area contributed by atoms with Crippen molar-refractivity contribution < 1.29 is 14.9 Å². The maximum Gasteiger partial charge on any atom is 0.123 e. The van der Waals surface area contributed by atoms with Gasteiger partial charge in [-0.1, -0.05) is 31.6 Å². The monoisotopic (exact) mass is 316 g/mol. The van der Waals surface area contributed by atoms with Gasteiger partial charge >= 0.3 is 0 Å². The molecule has 3 heteroatoms. The zero-order chi connectivity index (χ0) is 17.1. The van der Waals surface area contributed by atoms with Crippen LogP contribution in [0.2, 0.25) is 0 Å². The molecule has 3 unspecified atom stereocenters. The lowest BCUT2D eigenvalue weighted by Crippen LogP contribution is -2.27. The van der Waals surface area contributed by atoms with E-state index in [1.54, 1.807) is 19.2 Å². The van der Waals surface area contributed by atoms with E-state index in [0.717, 1.165) is 36.0 Å². The van der Waals surface area contributed by atoms with E-state index in [-0.39, 0.29) is 29.4 Å². The minimum Gasteiger partial charge on any atom is -0.507 e. The number of hydrogen-bond donors (Lipinski definition) is 2. The van der Waals surface area contributed by atoms with Crippen molar-refractivity contribution in [2.45, 2.75) is 52.1 Å². The second-order valence-electron chi connectivity index (χ2n) is 6.65. The van der Waals surface area contributed by atoms with Crippen LogP contribution in [0.1, 0.15) is 50.7 Å². The van der Waals surface area contributed by atoms with Gasteiger partial charge in [-0.25, -0.2) is 0 Å². The van der Waals surface area contributed by atoms with Gasteiger partial charge in [-0.2, -0.15) is 0 Å². The fourth-order valence-corrected chi connectivity index (χ4v) is 3.60. The van der Waals surface area contributed by atoms with E-state index in [4.69, 9.17) is 4.74 Å². The molecule has 2 N–H and O–H groups in total. The quantitative estimate of drug-likeness (QED) is 0.775. The summed E-state index contributed by atoms with van der Waals surface area (Å²) >= 11 is 0. The first-order valence-corrected chi connectivity index (χ1v) is 8.30. The molecule has 0 radical (unpaired) electrons. The number of aromatic hydroxyl groups is 2. The van der Waals surface area contributed by atoms with Gasteiger partial charge < -0.3 is 14.9 Å². The molecule has 0 bridgehead atoms. The number of aryl methyl sites for hydroxylation is 1. The summed E-state index contributed by atoms with van der Waals surface area (Å²) in [4.78, 5) is 0. The molecule has 126 valence electrons. The van der Waals surface area contributed by atoms with Gasteiger partial charge in [0.1, 0.15) is 11.5 Å². The molecule has 0 aromatic heterocycles. The van der Waals surface area contributed by atoms with Crippen molar-refractivity contribution in [1.82, 2.24) is 0 Å². The molecule has 0 amide bonds. The van der Waals surface area contributed by atoms with E-state index in [0.29, 0.717) is 5.56 Å². The molecule has 23 heavy (non-hydrogen) atoms. The molecular weight excluding hydrogens is 288 g/mol. The Hall–Kier alpha value is -1.74. The highest BCUT2D eigenvalue weighted by Crippen LogP contribution is 2.46. The predicted molar refractivity (Wildman–Crippen MR) is 94.0 cm³/mol. The molecule has 0 fully saturated rings. The smallest absolute Gasteiger partial charge is 0.123 e. The van der Waals surface area contributed by atoms with Gasteiger partial charge in [0.25, 0.3) is 0 Å². The Balaban J connectivity index is 2.50. The summed E-state index contributed by atoms with van der Waals surface area (Å²) in [5.41, 5.74) is 3.74. The van der Waals surface area contributed by atoms with Gasteiger partial charge in [0, 0.05) is 18.6 Å². The summed E-state index contributed by atoms with van der Waals surface area (Å²) in [7, 11) is 1.71. The van der Waals surface area contributed by atoms with E-state index in [1.165, 1.54) is 0 Å². The largest absolute Gasteiger partial charge is 0.507 e. The number of phenols is 2. The Morgan fingerprint density at radius 3 is 2.39 bits per heavy atom. The molecule has 3 nitrogen and oxygen atoms in total. The highest BCUT2D eigenvalue weighted by molar-refractivity contribution is 5.52. The summed E-state index contributed by atoms with van der Waals surface area (Å²) in [6.07, 6.45) is 4.80. The molecule has 1 aliphatic rings. The van der Waals surface area contributed by atoms with E-state index in [9.17, 15) is 10.2 Å². The van der Waals surface area contributed by atoms with Crippen molar-refractivity contribution in [3.63, 3.8) is 0 Å². The van der Waals surface area contributed by atoms with E-state index < -0.39 is 0 Å². The summed E-state index contributed by atoms with van der Waals surface area (Å²) in [5.74, 6) is 0.404. The van der Waals surface area contributed by atoms with Crippen LogP contribution in [0.25, 0.3) is 0 Å². The first-order valence-electron chi connectivity index (χ1n) is 8.30. The van der Waals surface area contributed by atoms with Crippen LogP contribution in [0.15, 0.2) is 35.9 Å². The van der Waals surface area contributed by atoms with Crippen molar-refractivity contribution in [2.24, 2.45) is 5.92 Å². The third kappa shape index (κ3) is 3.61. The average Bonchev–Trinajstić information content (AvgIpc) is 2.46. The first kappa shape index (κ1) is 17.6. The van der Waals surface area contributed by atoms with Crippen molar-refractivity contribution in [2.75, 3.05) is 7.11 Å². The third-order valence-corrected chi connectivity index (χ3v) is 4.84. The van der Waals surface area contributed by atoms with Gasteiger partial charge in [-0.05, 0) is 55.9 Å². The number of phenolic OH excluding ortho intramolecular Hbond substituents is 2. The zero-order valence-electron chi connectivity index (χ0n) is 14.6. The van der Waals surface area contributed by atoms with Crippen LogP contribution in [0, 0.1) is 5.92 Å². The third-order valence-electron chi connectivity index (χ3n) is 4.84. The molecule has 2 rings (SSSR count). The highest BCUT2D eigenvalue weighted by Gasteiger charge is 2.34.